The molecule has 10 nitrogen and oxygen atoms in total. The molecule has 0 heterocycles. The monoisotopic (exact) mass is 509 g/mol. The minimum atomic E-state index is -1.35. The largest absolute Gasteiger partial charge is 0.507 e. The third-order valence-electron chi connectivity index (χ3n) is 5.69. The van der Waals surface area contributed by atoms with E-state index in [0.717, 1.165) is 32.8 Å². The Labute approximate surface area is 212 Å². The molecular weight excluding hydrogens is 470 g/mol. The van der Waals surface area contributed by atoms with Crippen molar-refractivity contribution < 1.29 is 43.2 Å². The second kappa shape index (κ2) is 16.5. The molecule has 0 amide bonds. The topological polar surface area (TPSA) is 151 Å². The number of unbranched alkanes of at least 4 members (excludes halogenated alkanes) is 4. The standard InChI is InChI=1S/C26H39NO9/c1-5-7-9-11-21(28)35-19-14-13-18(15-20(19)36-22(29)12-10-8-6-2)23(24(27)25(30)31)17(3)16-34-26(32)33-4/h13-15,17,23-24H,5-12,16,27H2,1-4H3,(H,30,31)/t17?,23?,24-/m0/s1. The van der Waals surface area contributed by atoms with E-state index in [1.165, 1.54) is 12.1 Å². The van der Waals surface area contributed by atoms with Gasteiger partial charge in [-0.15, -0.1) is 0 Å². The van der Waals surface area contributed by atoms with E-state index in [1.54, 1.807) is 13.0 Å². The zero-order valence-electron chi connectivity index (χ0n) is 21.6. The molecule has 0 bridgehead atoms. The van der Waals surface area contributed by atoms with Gasteiger partial charge in [0.2, 0.25) is 0 Å². The van der Waals surface area contributed by atoms with Crippen LogP contribution in [0.4, 0.5) is 4.79 Å². The number of carboxylic acid groups (broad SMARTS) is 1. The molecule has 0 aliphatic heterocycles. The van der Waals surface area contributed by atoms with Gasteiger partial charge in [0.15, 0.2) is 11.5 Å². The molecule has 0 radical (unpaired) electrons. The van der Waals surface area contributed by atoms with Crippen molar-refractivity contribution >= 4 is 24.1 Å². The van der Waals surface area contributed by atoms with E-state index in [9.17, 15) is 24.3 Å². The van der Waals surface area contributed by atoms with E-state index in [4.69, 9.17) is 19.9 Å². The van der Waals surface area contributed by atoms with Gasteiger partial charge >= 0.3 is 24.1 Å². The lowest BCUT2D eigenvalue weighted by molar-refractivity contribution is -0.139. The van der Waals surface area contributed by atoms with Gasteiger partial charge in [-0.2, -0.15) is 0 Å². The van der Waals surface area contributed by atoms with E-state index in [1.807, 2.05) is 13.8 Å². The van der Waals surface area contributed by atoms with Gasteiger partial charge in [-0.1, -0.05) is 52.5 Å². The minimum absolute atomic E-state index is 0.00140. The number of carboxylic acids is 1. The van der Waals surface area contributed by atoms with Gasteiger partial charge in [-0.25, -0.2) is 4.79 Å². The Morgan fingerprint density at radius 2 is 1.47 bits per heavy atom. The number of nitrogens with two attached hydrogens (primary N) is 1. The molecule has 0 saturated carbocycles. The van der Waals surface area contributed by atoms with Gasteiger partial charge in [-0.05, 0) is 36.5 Å². The average Bonchev–Trinajstić information content (AvgIpc) is 2.84. The Kier molecular flexibility index (Phi) is 14.2. The Hall–Kier alpha value is -3.14. The van der Waals surface area contributed by atoms with E-state index >= 15 is 0 Å². The Morgan fingerprint density at radius 1 is 0.917 bits per heavy atom. The lowest BCUT2D eigenvalue weighted by atomic mass is 9.82. The molecule has 0 aromatic heterocycles. The van der Waals surface area contributed by atoms with Crippen LogP contribution in [0.5, 0.6) is 11.5 Å². The van der Waals surface area contributed by atoms with Gasteiger partial charge in [-0.3, -0.25) is 14.4 Å². The van der Waals surface area contributed by atoms with Crippen molar-refractivity contribution in [2.24, 2.45) is 11.7 Å². The molecule has 1 rings (SSSR count). The number of esters is 2. The summed E-state index contributed by atoms with van der Waals surface area (Å²) in [5.41, 5.74) is 6.41. The molecule has 0 saturated heterocycles. The summed E-state index contributed by atoms with van der Waals surface area (Å²) in [6.07, 6.45) is 4.45. The number of benzene rings is 1. The normalized spacial score (nSPS) is 13.2. The zero-order valence-corrected chi connectivity index (χ0v) is 21.6. The SMILES string of the molecule is CCCCCC(=O)Oc1ccc(C(C(C)COC(=O)OC)[C@H](N)C(=O)O)cc1OC(=O)CCCCC. The summed E-state index contributed by atoms with van der Waals surface area (Å²) >= 11 is 0. The molecule has 0 fully saturated rings. The maximum absolute atomic E-state index is 12.5. The number of aliphatic carboxylic acids is 1. The van der Waals surface area contributed by atoms with E-state index in [2.05, 4.69) is 4.74 Å². The highest BCUT2D eigenvalue weighted by Gasteiger charge is 2.32. The number of methoxy groups -OCH3 is 1. The Balaban J connectivity index is 3.28. The van der Waals surface area contributed by atoms with Crippen molar-refractivity contribution in [1.82, 2.24) is 0 Å². The quantitative estimate of drug-likeness (QED) is 0.184. The molecule has 0 spiro atoms. The van der Waals surface area contributed by atoms with Crippen LogP contribution in [-0.2, 0) is 23.9 Å². The predicted octanol–water partition coefficient (Wildman–Crippen LogP) is 4.57. The highest BCUT2D eigenvalue weighted by atomic mass is 16.7. The van der Waals surface area contributed by atoms with Gasteiger partial charge in [0.05, 0.1) is 13.7 Å². The van der Waals surface area contributed by atoms with Crippen LogP contribution in [0.3, 0.4) is 0 Å². The predicted molar refractivity (Wildman–Crippen MR) is 132 cm³/mol. The first-order valence-electron chi connectivity index (χ1n) is 12.4. The van der Waals surface area contributed by atoms with Crippen LogP contribution in [0.25, 0.3) is 0 Å². The summed E-state index contributed by atoms with van der Waals surface area (Å²) in [5, 5.41) is 9.59. The van der Waals surface area contributed by atoms with Crippen molar-refractivity contribution in [2.45, 2.75) is 84.1 Å². The fourth-order valence-electron chi connectivity index (χ4n) is 3.69. The Morgan fingerprint density at radius 3 is 1.97 bits per heavy atom. The third kappa shape index (κ3) is 10.6. The minimum Gasteiger partial charge on any atom is -0.480 e. The van der Waals surface area contributed by atoms with Crippen LogP contribution in [0.1, 0.15) is 83.6 Å². The molecule has 1 aromatic carbocycles. The molecule has 202 valence electrons. The molecule has 1 aromatic rings. The van der Waals surface area contributed by atoms with Crippen LogP contribution < -0.4 is 15.2 Å². The van der Waals surface area contributed by atoms with Crippen molar-refractivity contribution in [3.05, 3.63) is 23.8 Å². The lowest BCUT2D eigenvalue weighted by Crippen LogP contribution is -2.40. The van der Waals surface area contributed by atoms with E-state index in [0.29, 0.717) is 18.4 Å². The molecule has 0 aliphatic rings. The second-order valence-electron chi connectivity index (χ2n) is 8.70. The molecule has 3 N–H and O–H groups in total. The Bertz CT molecular complexity index is 871. The highest BCUT2D eigenvalue weighted by Crippen LogP contribution is 2.36. The van der Waals surface area contributed by atoms with E-state index in [-0.39, 0.29) is 30.9 Å². The zero-order chi connectivity index (χ0) is 27.1. The molecule has 36 heavy (non-hydrogen) atoms. The van der Waals surface area contributed by atoms with Gasteiger partial charge in [0, 0.05) is 18.8 Å². The molecule has 10 heteroatoms. The molecule has 0 aliphatic carbocycles. The van der Waals surface area contributed by atoms with Crippen molar-refractivity contribution in [2.75, 3.05) is 13.7 Å². The van der Waals surface area contributed by atoms with Crippen molar-refractivity contribution in [1.29, 1.82) is 0 Å². The van der Waals surface area contributed by atoms with Crippen molar-refractivity contribution in [3.8, 4) is 11.5 Å². The number of hydrogen-bond donors (Lipinski definition) is 2. The fourth-order valence-corrected chi connectivity index (χ4v) is 3.69. The number of hydrogen-bond acceptors (Lipinski definition) is 9. The first kappa shape index (κ1) is 30.9. The lowest BCUT2D eigenvalue weighted by Gasteiger charge is -2.27. The summed E-state index contributed by atoms with van der Waals surface area (Å²) in [7, 11) is 1.16. The first-order chi connectivity index (χ1) is 17.1. The van der Waals surface area contributed by atoms with Gasteiger partial charge in [0.25, 0.3) is 0 Å². The average molecular weight is 510 g/mol. The summed E-state index contributed by atoms with van der Waals surface area (Å²) in [4.78, 5) is 47.9. The van der Waals surface area contributed by atoms with Crippen LogP contribution in [0.2, 0.25) is 0 Å². The number of carbonyl (C=O) groups excluding carboxylic acids is 3. The summed E-state index contributed by atoms with van der Waals surface area (Å²) < 4.78 is 20.5. The van der Waals surface area contributed by atoms with E-state index < -0.39 is 41.9 Å². The number of ether oxygens (including phenoxy) is 4. The number of rotatable bonds is 16. The van der Waals surface area contributed by atoms with Crippen LogP contribution in [0.15, 0.2) is 18.2 Å². The summed E-state index contributed by atoms with van der Waals surface area (Å²) in [5.74, 6) is -3.51. The summed E-state index contributed by atoms with van der Waals surface area (Å²) in [6.45, 7) is 5.56. The van der Waals surface area contributed by atoms with Crippen LogP contribution >= 0.6 is 0 Å². The van der Waals surface area contributed by atoms with Crippen LogP contribution in [-0.4, -0.2) is 48.9 Å². The van der Waals surface area contributed by atoms with Gasteiger partial charge in [0.1, 0.15) is 6.04 Å². The third-order valence-corrected chi connectivity index (χ3v) is 5.69. The molecule has 3 atom stereocenters. The maximum Gasteiger partial charge on any atom is 0.507 e. The maximum atomic E-state index is 12.5. The fraction of sp³-hybridized carbons (Fsp3) is 0.615. The summed E-state index contributed by atoms with van der Waals surface area (Å²) in [6, 6.07) is 3.12. The van der Waals surface area contributed by atoms with Gasteiger partial charge < -0.3 is 29.8 Å². The number of carbonyl (C=O) groups is 4. The molecule has 2 unspecified atom stereocenters. The van der Waals surface area contributed by atoms with Crippen LogP contribution in [0, 0.1) is 5.92 Å². The second-order valence-corrected chi connectivity index (χ2v) is 8.70. The highest BCUT2D eigenvalue weighted by molar-refractivity contribution is 5.77. The first-order valence-corrected chi connectivity index (χ1v) is 12.4. The smallest absolute Gasteiger partial charge is 0.480 e. The van der Waals surface area contributed by atoms with Crippen molar-refractivity contribution in [3.63, 3.8) is 0 Å². The molecular formula is C26H39NO9.